The Hall–Kier alpha value is -3.11. The van der Waals surface area contributed by atoms with Crippen LogP contribution < -0.4 is 5.32 Å². The van der Waals surface area contributed by atoms with Crippen LogP contribution in [0.5, 0.6) is 0 Å². The van der Waals surface area contributed by atoms with E-state index in [0.717, 1.165) is 28.2 Å². The fourth-order valence-electron chi connectivity index (χ4n) is 2.62. The number of nitrogens with zero attached hydrogens (tertiary/aromatic N) is 1. The number of hydrogen-bond acceptors (Lipinski definition) is 4. The molecule has 0 aliphatic rings. The van der Waals surface area contributed by atoms with E-state index in [2.05, 4.69) is 10.5 Å². The van der Waals surface area contributed by atoms with Crippen molar-refractivity contribution >= 4 is 17.1 Å². The minimum absolute atomic E-state index is 0.0914. The summed E-state index contributed by atoms with van der Waals surface area (Å²) in [6.45, 7) is 6.04. The second-order valence-electron chi connectivity index (χ2n) is 7.35. The summed E-state index contributed by atoms with van der Waals surface area (Å²) in [7, 11) is 0. The lowest BCUT2D eigenvalue weighted by atomic mass is 10.0. The zero-order chi connectivity index (χ0) is 19.8. The molecule has 144 valence electrons. The highest BCUT2D eigenvalue weighted by atomic mass is 16.7. The number of nitrogens with one attached hydrogen (secondary N) is 1. The minimum Gasteiger partial charge on any atom is -0.366 e. The maximum absolute atomic E-state index is 5.63. The molecule has 0 aliphatic carbocycles. The molecule has 0 radical (unpaired) electrons. The highest BCUT2D eigenvalue weighted by molar-refractivity contribution is 6.15. The molecule has 0 heterocycles. The summed E-state index contributed by atoms with van der Waals surface area (Å²) in [6, 6.07) is 28.1. The van der Waals surface area contributed by atoms with E-state index in [4.69, 9.17) is 9.57 Å². The number of rotatable bonds is 7. The molecule has 1 N–H and O–H groups in total. The Kier molecular flexibility index (Phi) is 6.45. The van der Waals surface area contributed by atoms with Crippen LogP contribution in [-0.2, 0) is 9.57 Å². The van der Waals surface area contributed by atoms with Gasteiger partial charge < -0.3 is 14.9 Å². The van der Waals surface area contributed by atoms with Gasteiger partial charge in [-0.05, 0) is 39.0 Å². The summed E-state index contributed by atoms with van der Waals surface area (Å²) in [6.07, 6.45) is 0. The predicted octanol–water partition coefficient (Wildman–Crippen LogP) is 5.97. The van der Waals surface area contributed by atoms with Gasteiger partial charge in [-0.15, -0.1) is 0 Å². The summed E-state index contributed by atoms with van der Waals surface area (Å²) in [5.41, 5.74) is 4.36. The molecule has 0 saturated carbocycles. The molecule has 4 nitrogen and oxygen atoms in total. The van der Waals surface area contributed by atoms with Crippen molar-refractivity contribution in [2.24, 2.45) is 5.16 Å². The van der Waals surface area contributed by atoms with Crippen LogP contribution in [0.15, 0.2) is 90.1 Å². The minimum atomic E-state index is -0.283. The van der Waals surface area contributed by atoms with Gasteiger partial charge in [0.05, 0.1) is 5.60 Å². The Labute approximate surface area is 166 Å². The lowest BCUT2D eigenvalue weighted by Crippen LogP contribution is -2.20. The molecule has 28 heavy (non-hydrogen) atoms. The number of para-hydroxylation sites is 2. The maximum Gasteiger partial charge on any atom is 0.217 e. The van der Waals surface area contributed by atoms with Gasteiger partial charge in [-0.25, -0.2) is 0 Å². The van der Waals surface area contributed by atoms with Gasteiger partial charge in [-0.3, -0.25) is 0 Å². The molecule has 0 aliphatic heterocycles. The van der Waals surface area contributed by atoms with Crippen LogP contribution >= 0.6 is 0 Å². The highest BCUT2D eigenvalue weighted by Gasteiger charge is 2.14. The van der Waals surface area contributed by atoms with Crippen molar-refractivity contribution in [1.29, 1.82) is 0 Å². The lowest BCUT2D eigenvalue weighted by Gasteiger charge is -2.18. The second-order valence-corrected chi connectivity index (χ2v) is 7.35. The molecule has 0 saturated heterocycles. The van der Waals surface area contributed by atoms with E-state index in [9.17, 15) is 0 Å². The first-order valence-electron chi connectivity index (χ1n) is 9.34. The fourth-order valence-corrected chi connectivity index (χ4v) is 2.62. The third-order valence-corrected chi connectivity index (χ3v) is 3.98. The summed E-state index contributed by atoms with van der Waals surface area (Å²) >= 11 is 0. The van der Waals surface area contributed by atoms with E-state index in [1.807, 2.05) is 106 Å². The van der Waals surface area contributed by atoms with Crippen LogP contribution in [0.3, 0.4) is 0 Å². The van der Waals surface area contributed by atoms with Crippen LogP contribution in [-0.4, -0.2) is 18.1 Å². The smallest absolute Gasteiger partial charge is 0.217 e. The first-order valence-corrected chi connectivity index (χ1v) is 9.34. The molecule has 0 atom stereocenters. The number of anilines is 2. The Morgan fingerprint density at radius 1 is 0.821 bits per heavy atom. The van der Waals surface area contributed by atoms with Crippen LogP contribution in [0.4, 0.5) is 11.4 Å². The average Bonchev–Trinajstić information content (AvgIpc) is 2.69. The highest BCUT2D eigenvalue weighted by Crippen LogP contribution is 2.24. The third-order valence-electron chi connectivity index (χ3n) is 3.98. The number of hydrogen-bond donors (Lipinski definition) is 1. The van der Waals surface area contributed by atoms with Gasteiger partial charge >= 0.3 is 0 Å². The SMILES string of the molecule is CC(C)(C)OCO/N=C(\c1ccccc1)c1ccccc1Nc1ccccc1. The monoisotopic (exact) mass is 374 g/mol. The molecule has 0 spiro atoms. The van der Waals surface area contributed by atoms with E-state index < -0.39 is 0 Å². The number of benzene rings is 3. The number of ether oxygens (including phenoxy) is 1. The van der Waals surface area contributed by atoms with Gasteiger partial charge in [0.2, 0.25) is 6.79 Å². The first kappa shape index (κ1) is 19.6. The van der Waals surface area contributed by atoms with E-state index >= 15 is 0 Å². The summed E-state index contributed by atoms with van der Waals surface area (Å²) in [5, 5.41) is 7.89. The summed E-state index contributed by atoms with van der Waals surface area (Å²) in [5.74, 6) is 0. The Bertz CT molecular complexity index is 901. The molecule has 4 heteroatoms. The van der Waals surface area contributed by atoms with Crippen LogP contribution in [0, 0.1) is 0 Å². The van der Waals surface area contributed by atoms with Crippen molar-refractivity contribution in [2.45, 2.75) is 26.4 Å². The first-order chi connectivity index (χ1) is 13.5. The van der Waals surface area contributed by atoms with Crippen molar-refractivity contribution < 1.29 is 9.57 Å². The van der Waals surface area contributed by atoms with Crippen molar-refractivity contribution in [1.82, 2.24) is 0 Å². The van der Waals surface area contributed by atoms with Gasteiger partial charge in [0.25, 0.3) is 0 Å². The van der Waals surface area contributed by atoms with Crippen LogP contribution in [0.1, 0.15) is 31.9 Å². The molecule has 0 bridgehead atoms. The van der Waals surface area contributed by atoms with E-state index in [1.165, 1.54) is 0 Å². The van der Waals surface area contributed by atoms with Crippen LogP contribution in [0.2, 0.25) is 0 Å². The zero-order valence-electron chi connectivity index (χ0n) is 16.6. The Balaban J connectivity index is 1.92. The second kappa shape index (κ2) is 9.20. The van der Waals surface area contributed by atoms with E-state index in [1.54, 1.807) is 0 Å². The molecule has 3 rings (SSSR count). The molecule has 0 unspecified atom stereocenters. The van der Waals surface area contributed by atoms with Crippen molar-refractivity contribution in [3.8, 4) is 0 Å². The maximum atomic E-state index is 5.63. The summed E-state index contributed by atoms with van der Waals surface area (Å²) in [4.78, 5) is 5.52. The Morgan fingerprint density at radius 2 is 1.43 bits per heavy atom. The largest absolute Gasteiger partial charge is 0.366 e. The molecular weight excluding hydrogens is 348 g/mol. The van der Waals surface area contributed by atoms with Crippen LogP contribution in [0.25, 0.3) is 0 Å². The third kappa shape index (κ3) is 5.69. The average molecular weight is 374 g/mol. The van der Waals surface area contributed by atoms with Gasteiger partial charge in [0.15, 0.2) is 0 Å². The van der Waals surface area contributed by atoms with Gasteiger partial charge in [-0.1, -0.05) is 71.9 Å². The molecule has 0 amide bonds. The molecular formula is C24H26N2O2. The Morgan fingerprint density at radius 3 is 2.11 bits per heavy atom. The fraction of sp³-hybridized carbons (Fsp3) is 0.208. The molecule has 3 aromatic rings. The zero-order valence-corrected chi connectivity index (χ0v) is 16.6. The molecule has 0 fully saturated rings. The van der Waals surface area contributed by atoms with Crippen molar-refractivity contribution in [3.63, 3.8) is 0 Å². The number of oxime groups is 1. The standard InChI is InChI=1S/C24H26N2O2/c1-24(2,3)27-18-28-26-23(19-12-6-4-7-13-19)21-16-10-11-17-22(21)25-20-14-8-5-9-15-20/h4-17,25H,18H2,1-3H3/b26-23+. The van der Waals surface area contributed by atoms with Gasteiger partial charge in [0, 0.05) is 22.5 Å². The van der Waals surface area contributed by atoms with Crippen molar-refractivity contribution in [3.05, 3.63) is 96.1 Å². The normalized spacial score (nSPS) is 11.9. The van der Waals surface area contributed by atoms with Gasteiger partial charge in [-0.2, -0.15) is 0 Å². The van der Waals surface area contributed by atoms with E-state index in [-0.39, 0.29) is 12.4 Å². The summed E-state index contributed by atoms with van der Waals surface area (Å²) < 4.78 is 5.63. The molecule has 3 aromatic carbocycles. The van der Waals surface area contributed by atoms with Gasteiger partial charge in [0.1, 0.15) is 5.71 Å². The predicted molar refractivity (Wildman–Crippen MR) is 115 cm³/mol. The molecule has 0 aromatic heterocycles. The van der Waals surface area contributed by atoms with Crippen molar-refractivity contribution in [2.75, 3.05) is 12.1 Å². The lowest BCUT2D eigenvalue weighted by molar-refractivity contribution is -0.119. The quantitative estimate of drug-likeness (QED) is 0.240. The topological polar surface area (TPSA) is 42.9 Å². The van der Waals surface area contributed by atoms with E-state index in [0.29, 0.717) is 0 Å².